The van der Waals surface area contributed by atoms with Crippen molar-refractivity contribution in [2.75, 3.05) is 18.4 Å². The summed E-state index contributed by atoms with van der Waals surface area (Å²) < 4.78 is 0. The number of rotatable bonds is 10. The largest absolute Gasteiger partial charge is 0.350 e. The Labute approximate surface area is 228 Å². The zero-order chi connectivity index (χ0) is 26.5. The van der Waals surface area contributed by atoms with Gasteiger partial charge in [0, 0.05) is 21.8 Å². The average molecular weight is 537 g/mol. The van der Waals surface area contributed by atoms with Gasteiger partial charge in [0.2, 0.25) is 12.3 Å². The van der Waals surface area contributed by atoms with Crippen LogP contribution in [-0.2, 0) is 16.0 Å². The lowest BCUT2D eigenvalue weighted by atomic mass is 9.93. The van der Waals surface area contributed by atoms with E-state index in [9.17, 15) is 9.59 Å². The van der Waals surface area contributed by atoms with E-state index in [1.807, 2.05) is 18.2 Å². The highest BCUT2D eigenvalue weighted by Gasteiger charge is 2.15. The molecule has 0 atom stereocenters. The molecule has 8 heteroatoms. The smallest absolute Gasteiger partial charge is 0.243 e. The molecule has 1 fully saturated rings. The summed E-state index contributed by atoms with van der Waals surface area (Å²) in [6.45, 7) is 1.03. The minimum Gasteiger partial charge on any atom is -0.350 e. The molecule has 0 aliphatic heterocycles. The van der Waals surface area contributed by atoms with E-state index in [-0.39, 0.29) is 12.5 Å². The number of halogens is 2. The van der Waals surface area contributed by atoms with Crippen molar-refractivity contribution >= 4 is 41.2 Å². The number of carbonyl (C=O) groups is 2. The molecular formula is C29H30Cl2N4O2. The Morgan fingerprint density at radius 2 is 1.73 bits per heavy atom. The lowest BCUT2D eigenvalue weighted by Crippen LogP contribution is -2.35. The summed E-state index contributed by atoms with van der Waals surface area (Å²) in [6, 6.07) is 24.2. The Hall–Kier alpha value is -3.37. The molecule has 0 bridgehead atoms. The second kappa shape index (κ2) is 15.0. The van der Waals surface area contributed by atoms with Gasteiger partial charge >= 0.3 is 0 Å². The molecule has 0 radical (unpaired) electrons. The van der Waals surface area contributed by atoms with Crippen molar-refractivity contribution < 1.29 is 9.59 Å². The van der Waals surface area contributed by atoms with Crippen molar-refractivity contribution in [3.63, 3.8) is 0 Å². The molecule has 1 aliphatic rings. The van der Waals surface area contributed by atoms with E-state index < -0.39 is 0 Å². The first-order valence-corrected chi connectivity index (χ1v) is 13.0. The van der Waals surface area contributed by atoms with E-state index in [4.69, 9.17) is 28.5 Å². The molecule has 192 valence electrons. The van der Waals surface area contributed by atoms with Crippen molar-refractivity contribution in [1.82, 2.24) is 10.6 Å². The van der Waals surface area contributed by atoms with Crippen LogP contribution in [0, 0.1) is 11.3 Å². The van der Waals surface area contributed by atoms with Gasteiger partial charge in [-0.25, -0.2) is 0 Å². The molecule has 4 rings (SSSR count). The SMILES string of the molecule is N#Cc1cccc(-c2ccc(CCCNC3CCC3)cc2)c1.O=CNCC(=O)Nc1cc(Cl)cc(Cl)c1. The van der Waals surface area contributed by atoms with E-state index in [1.54, 1.807) is 18.2 Å². The number of aryl methyl sites for hydroxylation is 1. The molecular weight excluding hydrogens is 507 g/mol. The minimum absolute atomic E-state index is 0.0897. The van der Waals surface area contributed by atoms with Gasteiger partial charge in [-0.3, -0.25) is 9.59 Å². The van der Waals surface area contributed by atoms with Gasteiger partial charge in [0.1, 0.15) is 0 Å². The molecule has 0 saturated heterocycles. The third kappa shape index (κ3) is 9.89. The number of hydrogen-bond donors (Lipinski definition) is 3. The Morgan fingerprint density at radius 3 is 2.35 bits per heavy atom. The van der Waals surface area contributed by atoms with Gasteiger partial charge < -0.3 is 16.0 Å². The molecule has 1 saturated carbocycles. The molecule has 2 amide bonds. The van der Waals surface area contributed by atoms with Crippen LogP contribution in [0.1, 0.15) is 36.8 Å². The molecule has 37 heavy (non-hydrogen) atoms. The van der Waals surface area contributed by atoms with Crippen LogP contribution in [0.5, 0.6) is 0 Å². The van der Waals surface area contributed by atoms with Gasteiger partial charge in [-0.1, -0.05) is 66.0 Å². The highest BCUT2D eigenvalue weighted by Crippen LogP contribution is 2.23. The van der Waals surface area contributed by atoms with Crippen molar-refractivity contribution in [3.8, 4) is 17.2 Å². The van der Waals surface area contributed by atoms with Crippen LogP contribution in [0.2, 0.25) is 10.0 Å². The first-order chi connectivity index (χ1) is 18.0. The summed E-state index contributed by atoms with van der Waals surface area (Å²) in [4.78, 5) is 21.1. The van der Waals surface area contributed by atoms with E-state index >= 15 is 0 Å². The van der Waals surface area contributed by atoms with E-state index in [2.05, 4.69) is 52.4 Å². The number of anilines is 1. The number of nitrogens with one attached hydrogen (secondary N) is 3. The summed E-state index contributed by atoms with van der Waals surface area (Å²) in [5.74, 6) is -0.347. The van der Waals surface area contributed by atoms with Gasteiger partial charge in [-0.15, -0.1) is 0 Å². The lowest BCUT2D eigenvalue weighted by molar-refractivity contribution is -0.118. The quantitative estimate of drug-likeness (QED) is 0.219. The Morgan fingerprint density at radius 1 is 1.00 bits per heavy atom. The maximum absolute atomic E-state index is 11.2. The topological polar surface area (TPSA) is 94.0 Å². The second-order valence-electron chi connectivity index (χ2n) is 8.78. The van der Waals surface area contributed by atoms with E-state index in [1.165, 1.54) is 36.8 Å². The monoisotopic (exact) mass is 536 g/mol. The molecule has 0 heterocycles. The number of benzene rings is 3. The zero-order valence-corrected chi connectivity index (χ0v) is 22.0. The fourth-order valence-electron chi connectivity index (χ4n) is 3.81. The fraction of sp³-hybridized carbons (Fsp3) is 0.276. The number of amides is 2. The third-order valence-corrected chi connectivity index (χ3v) is 6.39. The van der Waals surface area contributed by atoms with Crippen molar-refractivity contribution in [2.45, 2.75) is 38.1 Å². The summed E-state index contributed by atoms with van der Waals surface area (Å²) in [6.07, 6.45) is 6.88. The summed E-state index contributed by atoms with van der Waals surface area (Å²) in [5, 5.41) is 18.2. The van der Waals surface area contributed by atoms with Gasteiger partial charge in [0.25, 0.3) is 0 Å². The van der Waals surface area contributed by atoms with Crippen molar-refractivity contribution in [1.29, 1.82) is 5.26 Å². The van der Waals surface area contributed by atoms with Crippen LogP contribution >= 0.6 is 23.2 Å². The number of nitriles is 1. The van der Waals surface area contributed by atoms with Crippen LogP contribution in [0.3, 0.4) is 0 Å². The van der Waals surface area contributed by atoms with Crippen LogP contribution in [0.4, 0.5) is 5.69 Å². The zero-order valence-electron chi connectivity index (χ0n) is 20.5. The van der Waals surface area contributed by atoms with Crippen molar-refractivity contribution in [3.05, 3.63) is 87.9 Å². The van der Waals surface area contributed by atoms with Crippen LogP contribution in [0.25, 0.3) is 11.1 Å². The second-order valence-corrected chi connectivity index (χ2v) is 9.65. The average Bonchev–Trinajstić information content (AvgIpc) is 2.86. The van der Waals surface area contributed by atoms with Crippen molar-refractivity contribution in [2.24, 2.45) is 0 Å². The van der Waals surface area contributed by atoms with Crippen LogP contribution in [-0.4, -0.2) is 31.4 Å². The molecule has 6 nitrogen and oxygen atoms in total. The van der Waals surface area contributed by atoms with Crippen LogP contribution in [0.15, 0.2) is 66.7 Å². The predicted octanol–water partition coefficient (Wildman–Crippen LogP) is 5.98. The Balaban J connectivity index is 0.000000222. The minimum atomic E-state index is -0.347. The molecule has 0 unspecified atom stereocenters. The number of hydrogen-bond acceptors (Lipinski definition) is 4. The predicted molar refractivity (Wildman–Crippen MR) is 150 cm³/mol. The number of carbonyl (C=O) groups excluding carboxylic acids is 2. The highest BCUT2D eigenvalue weighted by molar-refractivity contribution is 6.35. The normalized spacial score (nSPS) is 12.4. The van der Waals surface area contributed by atoms with E-state index in [0.29, 0.717) is 27.7 Å². The van der Waals surface area contributed by atoms with Gasteiger partial charge in [0.15, 0.2) is 0 Å². The Bertz CT molecular complexity index is 1200. The summed E-state index contributed by atoms with van der Waals surface area (Å²) in [7, 11) is 0. The fourth-order valence-corrected chi connectivity index (χ4v) is 4.33. The first kappa shape index (κ1) is 28.2. The third-order valence-electron chi connectivity index (χ3n) is 5.95. The highest BCUT2D eigenvalue weighted by atomic mass is 35.5. The maximum atomic E-state index is 11.2. The molecule has 0 aromatic heterocycles. The summed E-state index contributed by atoms with van der Waals surface area (Å²) >= 11 is 11.5. The molecule has 0 spiro atoms. The van der Waals surface area contributed by atoms with Crippen LogP contribution < -0.4 is 16.0 Å². The van der Waals surface area contributed by atoms with Gasteiger partial charge in [-0.05, 0) is 79.3 Å². The van der Waals surface area contributed by atoms with E-state index in [0.717, 1.165) is 24.6 Å². The van der Waals surface area contributed by atoms with Gasteiger partial charge in [-0.2, -0.15) is 5.26 Å². The molecule has 3 N–H and O–H groups in total. The Kier molecular flexibility index (Phi) is 11.4. The number of nitrogens with zero attached hydrogens (tertiary/aromatic N) is 1. The first-order valence-electron chi connectivity index (χ1n) is 12.2. The maximum Gasteiger partial charge on any atom is 0.243 e. The standard InChI is InChI=1S/C20H22N2.C9H8Cl2N2O2/c21-15-17-4-1-6-19(14-17)18-11-9-16(10-12-18)5-3-13-22-20-7-2-8-20;10-6-1-7(11)3-8(2-6)13-9(15)4-12-5-14/h1,4,6,9-12,14,20,22H,2-3,5,7-8,13H2;1-3,5H,4H2,(H,12,14)(H,13,15). The molecule has 3 aromatic rings. The molecule has 1 aliphatic carbocycles. The molecule has 3 aromatic carbocycles. The lowest BCUT2D eigenvalue weighted by Gasteiger charge is -2.26. The summed E-state index contributed by atoms with van der Waals surface area (Å²) in [5.41, 5.74) is 4.87. The van der Waals surface area contributed by atoms with Gasteiger partial charge in [0.05, 0.1) is 18.2 Å².